The van der Waals surface area contributed by atoms with Gasteiger partial charge in [-0.1, -0.05) is 6.07 Å². The Balaban J connectivity index is 1.58. The highest BCUT2D eigenvalue weighted by molar-refractivity contribution is 7.89. The van der Waals surface area contributed by atoms with Gasteiger partial charge in [-0.2, -0.15) is 0 Å². The van der Waals surface area contributed by atoms with Gasteiger partial charge in [-0.15, -0.1) is 0 Å². The molecule has 1 atom stereocenters. The molecule has 0 radical (unpaired) electrons. The van der Waals surface area contributed by atoms with Gasteiger partial charge in [0.05, 0.1) is 18.1 Å². The molecular formula is C19H23N3O5S. The molecule has 1 fully saturated rings. The minimum Gasteiger partial charge on any atom is -0.481 e. The third-order valence-corrected chi connectivity index (χ3v) is 5.72. The molecular weight excluding hydrogens is 382 g/mol. The summed E-state index contributed by atoms with van der Waals surface area (Å²) in [6, 6.07) is 9.53. The summed E-state index contributed by atoms with van der Waals surface area (Å²) in [6.45, 7) is 3.98. The zero-order valence-electron chi connectivity index (χ0n) is 15.6. The molecule has 1 saturated heterocycles. The average molecular weight is 405 g/mol. The van der Waals surface area contributed by atoms with Crippen molar-refractivity contribution in [3.8, 4) is 5.75 Å². The Hall–Kier alpha value is -2.49. The lowest BCUT2D eigenvalue weighted by molar-refractivity contribution is -0.142. The van der Waals surface area contributed by atoms with Gasteiger partial charge in [-0.25, -0.2) is 13.1 Å². The van der Waals surface area contributed by atoms with Crippen molar-refractivity contribution in [3.63, 3.8) is 0 Å². The fourth-order valence-electron chi connectivity index (χ4n) is 2.76. The smallest absolute Gasteiger partial charge is 0.263 e. The van der Waals surface area contributed by atoms with Gasteiger partial charge in [-0.3, -0.25) is 9.78 Å². The first-order chi connectivity index (χ1) is 13.5. The Bertz CT molecular complexity index is 882. The van der Waals surface area contributed by atoms with Crippen LogP contribution in [0.25, 0.3) is 0 Å². The Morgan fingerprint density at radius 3 is 2.61 bits per heavy atom. The van der Waals surface area contributed by atoms with Crippen molar-refractivity contribution < 1.29 is 22.7 Å². The number of amides is 1. The van der Waals surface area contributed by atoms with E-state index in [1.165, 1.54) is 12.1 Å². The highest BCUT2D eigenvalue weighted by Crippen LogP contribution is 2.18. The minimum atomic E-state index is -3.66. The van der Waals surface area contributed by atoms with Crippen LogP contribution in [-0.2, 0) is 26.1 Å². The van der Waals surface area contributed by atoms with Crippen molar-refractivity contribution in [2.24, 2.45) is 0 Å². The van der Waals surface area contributed by atoms with E-state index in [-0.39, 0.29) is 17.3 Å². The van der Waals surface area contributed by atoms with Gasteiger partial charge in [0, 0.05) is 32.0 Å². The van der Waals surface area contributed by atoms with Crippen LogP contribution in [0.15, 0.2) is 53.7 Å². The average Bonchev–Trinajstić information content (AvgIpc) is 2.73. The van der Waals surface area contributed by atoms with Crippen molar-refractivity contribution in [1.29, 1.82) is 0 Å². The van der Waals surface area contributed by atoms with Gasteiger partial charge in [0.15, 0.2) is 6.10 Å². The van der Waals surface area contributed by atoms with Crippen LogP contribution in [0.3, 0.4) is 0 Å². The summed E-state index contributed by atoms with van der Waals surface area (Å²) in [5.74, 6) is 0.318. The lowest BCUT2D eigenvalue weighted by Gasteiger charge is -2.29. The molecule has 0 saturated carbocycles. The lowest BCUT2D eigenvalue weighted by Crippen LogP contribution is -2.46. The fraction of sp³-hybridized carbons (Fsp3) is 0.368. The molecule has 1 amide bonds. The number of sulfonamides is 1. The topological polar surface area (TPSA) is 97.8 Å². The van der Waals surface area contributed by atoms with Crippen molar-refractivity contribution in [2.45, 2.75) is 24.5 Å². The summed E-state index contributed by atoms with van der Waals surface area (Å²) in [7, 11) is -3.66. The molecule has 1 aromatic carbocycles. The monoisotopic (exact) mass is 405 g/mol. The normalized spacial score (nSPS) is 15.8. The molecule has 28 heavy (non-hydrogen) atoms. The zero-order valence-corrected chi connectivity index (χ0v) is 16.4. The maximum absolute atomic E-state index is 12.4. The van der Waals surface area contributed by atoms with Crippen LogP contribution in [0.1, 0.15) is 12.5 Å². The molecule has 3 rings (SSSR count). The van der Waals surface area contributed by atoms with E-state index < -0.39 is 16.1 Å². The fourth-order valence-corrected chi connectivity index (χ4v) is 3.77. The molecule has 150 valence electrons. The highest BCUT2D eigenvalue weighted by Gasteiger charge is 2.24. The molecule has 0 unspecified atom stereocenters. The van der Waals surface area contributed by atoms with Crippen LogP contribution < -0.4 is 9.46 Å². The van der Waals surface area contributed by atoms with Crippen LogP contribution in [0.4, 0.5) is 0 Å². The summed E-state index contributed by atoms with van der Waals surface area (Å²) < 4.78 is 38.3. The van der Waals surface area contributed by atoms with E-state index in [1.807, 2.05) is 0 Å². The third-order valence-electron chi connectivity index (χ3n) is 4.31. The molecule has 0 spiro atoms. The molecule has 2 heterocycles. The van der Waals surface area contributed by atoms with E-state index in [2.05, 4.69) is 9.71 Å². The number of nitrogens with zero attached hydrogens (tertiary/aromatic N) is 2. The summed E-state index contributed by atoms with van der Waals surface area (Å²) >= 11 is 0. The number of morpholine rings is 1. The summed E-state index contributed by atoms with van der Waals surface area (Å²) in [5.41, 5.74) is 0.765. The Morgan fingerprint density at radius 2 is 1.96 bits per heavy atom. The van der Waals surface area contributed by atoms with Gasteiger partial charge >= 0.3 is 0 Å². The SMILES string of the molecule is C[C@@H](Oc1ccc(S(=O)(=O)NCc2cccnc2)cc1)C(=O)N1CCOCC1. The van der Waals surface area contributed by atoms with Crippen LogP contribution in [0.5, 0.6) is 5.75 Å². The van der Waals surface area contributed by atoms with Crippen molar-refractivity contribution in [1.82, 2.24) is 14.6 Å². The van der Waals surface area contributed by atoms with E-state index in [4.69, 9.17) is 9.47 Å². The van der Waals surface area contributed by atoms with E-state index >= 15 is 0 Å². The number of hydrogen-bond donors (Lipinski definition) is 1. The second kappa shape index (κ2) is 9.13. The van der Waals surface area contributed by atoms with Crippen molar-refractivity contribution in [2.75, 3.05) is 26.3 Å². The molecule has 1 aliphatic rings. The van der Waals surface area contributed by atoms with E-state index in [9.17, 15) is 13.2 Å². The van der Waals surface area contributed by atoms with Crippen LogP contribution in [-0.4, -0.2) is 56.6 Å². The number of benzene rings is 1. The first kappa shape index (κ1) is 20.2. The minimum absolute atomic E-state index is 0.113. The van der Waals surface area contributed by atoms with Crippen LogP contribution in [0, 0.1) is 0 Å². The molecule has 1 N–H and O–H groups in total. The molecule has 0 bridgehead atoms. The second-order valence-electron chi connectivity index (χ2n) is 6.35. The van der Waals surface area contributed by atoms with Crippen molar-refractivity contribution in [3.05, 3.63) is 54.4 Å². The molecule has 2 aromatic rings. The van der Waals surface area contributed by atoms with E-state index in [0.29, 0.717) is 32.1 Å². The highest BCUT2D eigenvalue weighted by atomic mass is 32.2. The number of ether oxygens (including phenoxy) is 2. The van der Waals surface area contributed by atoms with Crippen molar-refractivity contribution >= 4 is 15.9 Å². The van der Waals surface area contributed by atoms with Gasteiger partial charge in [-0.05, 0) is 42.8 Å². The first-order valence-electron chi connectivity index (χ1n) is 8.97. The molecule has 9 heteroatoms. The van der Waals surface area contributed by atoms with E-state index in [1.54, 1.807) is 48.5 Å². The Labute approximate surface area is 164 Å². The quantitative estimate of drug-likeness (QED) is 0.743. The number of carbonyl (C=O) groups excluding carboxylic acids is 1. The van der Waals surface area contributed by atoms with Gasteiger partial charge in [0.25, 0.3) is 5.91 Å². The molecule has 1 aromatic heterocycles. The number of aromatic nitrogens is 1. The molecule has 0 aliphatic carbocycles. The van der Waals surface area contributed by atoms with Crippen LogP contribution in [0.2, 0.25) is 0 Å². The summed E-state index contributed by atoms with van der Waals surface area (Å²) in [6.07, 6.45) is 2.57. The standard InChI is InChI=1S/C19H23N3O5S/c1-15(19(23)22-9-11-26-12-10-22)27-17-4-6-18(7-5-17)28(24,25)21-14-16-3-2-8-20-13-16/h2-8,13,15,21H,9-12,14H2,1H3/t15-/m1/s1. The van der Waals surface area contributed by atoms with Gasteiger partial charge < -0.3 is 14.4 Å². The number of rotatable bonds is 7. The van der Waals surface area contributed by atoms with E-state index in [0.717, 1.165) is 5.56 Å². The number of pyridine rings is 1. The largest absolute Gasteiger partial charge is 0.481 e. The van der Waals surface area contributed by atoms with Crippen LogP contribution >= 0.6 is 0 Å². The number of carbonyl (C=O) groups is 1. The predicted molar refractivity (Wildman–Crippen MR) is 102 cm³/mol. The lowest BCUT2D eigenvalue weighted by atomic mass is 10.3. The van der Waals surface area contributed by atoms with Gasteiger partial charge in [0.2, 0.25) is 10.0 Å². The zero-order chi connectivity index (χ0) is 20.0. The Morgan fingerprint density at radius 1 is 1.25 bits per heavy atom. The van der Waals surface area contributed by atoms with Gasteiger partial charge in [0.1, 0.15) is 5.75 Å². The summed E-state index contributed by atoms with van der Waals surface area (Å²) in [5, 5.41) is 0. The molecule has 8 nitrogen and oxygen atoms in total. The third kappa shape index (κ3) is 5.28. The maximum atomic E-state index is 12.4. The predicted octanol–water partition coefficient (Wildman–Crippen LogP) is 1.19. The first-order valence-corrected chi connectivity index (χ1v) is 10.5. The summed E-state index contributed by atoms with van der Waals surface area (Å²) in [4.78, 5) is 18.2. The second-order valence-corrected chi connectivity index (χ2v) is 8.12. The number of nitrogens with one attached hydrogen (secondary N) is 1. The number of hydrogen-bond acceptors (Lipinski definition) is 6. The molecule has 1 aliphatic heterocycles. The Kier molecular flexibility index (Phi) is 6.61. The maximum Gasteiger partial charge on any atom is 0.263 e.